The number of phenols is 2. The summed E-state index contributed by atoms with van der Waals surface area (Å²) in [7, 11) is 0. The lowest BCUT2D eigenvalue weighted by Gasteiger charge is -2.32. The molecule has 0 unspecified atom stereocenters. The zero-order valence-electron chi connectivity index (χ0n) is 15.4. The number of anilines is 1. The number of hydrogen-bond donors (Lipinski definition) is 2. The van der Waals surface area contributed by atoms with Crippen molar-refractivity contribution in [1.82, 2.24) is 4.98 Å². The second-order valence-corrected chi connectivity index (χ2v) is 6.95. The third-order valence-corrected chi connectivity index (χ3v) is 4.97. The van der Waals surface area contributed by atoms with Gasteiger partial charge in [0.1, 0.15) is 5.82 Å². The Morgan fingerprint density at radius 3 is 2.63 bits per heavy atom. The molecule has 1 heterocycles. The third-order valence-electron chi connectivity index (χ3n) is 4.97. The second-order valence-electron chi connectivity index (χ2n) is 6.95. The van der Waals surface area contributed by atoms with E-state index in [9.17, 15) is 15.0 Å². The number of pyridine rings is 1. The predicted molar refractivity (Wildman–Crippen MR) is 106 cm³/mol. The Morgan fingerprint density at radius 2 is 1.93 bits per heavy atom. The van der Waals surface area contributed by atoms with Gasteiger partial charge in [-0.15, -0.1) is 0 Å². The minimum atomic E-state index is -0.122. The first-order valence-corrected chi connectivity index (χ1v) is 9.57. The van der Waals surface area contributed by atoms with E-state index < -0.39 is 0 Å². The van der Waals surface area contributed by atoms with Crippen LogP contribution in [0.25, 0.3) is 0 Å². The van der Waals surface area contributed by atoms with E-state index in [-0.39, 0.29) is 23.4 Å². The first-order valence-electron chi connectivity index (χ1n) is 9.57. The van der Waals surface area contributed by atoms with Gasteiger partial charge in [0, 0.05) is 12.2 Å². The number of phenolic OH excluding ortho intramolecular Hbond substituents is 2. The fourth-order valence-electron chi connectivity index (χ4n) is 3.55. The number of hydrogen-bond acceptors (Lipinski definition) is 4. The van der Waals surface area contributed by atoms with Crippen LogP contribution in [0.5, 0.6) is 11.5 Å². The SMILES string of the molecule is O=C(/C=C/CCc1ccc(O)c(O)c1)N(c1ccccn1)C1CCCCC1. The number of allylic oxidation sites excluding steroid dienone is 1. The summed E-state index contributed by atoms with van der Waals surface area (Å²) in [6, 6.07) is 10.7. The summed E-state index contributed by atoms with van der Waals surface area (Å²) in [5, 5.41) is 18.9. The van der Waals surface area contributed by atoms with Gasteiger partial charge in [-0.25, -0.2) is 4.98 Å². The number of nitrogens with zero attached hydrogens (tertiary/aromatic N) is 2. The van der Waals surface area contributed by atoms with Crippen molar-refractivity contribution in [2.24, 2.45) is 0 Å². The van der Waals surface area contributed by atoms with Gasteiger partial charge in [-0.1, -0.05) is 37.5 Å². The number of amides is 1. The molecule has 0 spiro atoms. The van der Waals surface area contributed by atoms with Gasteiger partial charge in [-0.2, -0.15) is 0 Å². The monoisotopic (exact) mass is 366 g/mol. The summed E-state index contributed by atoms with van der Waals surface area (Å²) in [5.74, 6) is 0.436. The van der Waals surface area contributed by atoms with Crippen LogP contribution < -0.4 is 4.90 Å². The fraction of sp³-hybridized carbons (Fsp3) is 0.364. The van der Waals surface area contributed by atoms with Crippen LogP contribution in [0, 0.1) is 0 Å². The normalized spacial score (nSPS) is 15.1. The molecule has 27 heavy (non-hydrogen) atoms. The second kappa shape index (κ2) is 9.21. The predicted octanol–water partition coefficient (Wildman–Crippen LogP) is 4.35. The fourth-order valence-corrected chi connectivity index (χ4v) is 3.55. The molecule has 0 saturated heterocycles. The Hall–Kier alpha value is -2.82. The molecule has 0 bridgehead atoms. The minimum absolute atomic E-state index is 0.0332. The van der Waals surface area contributed by atoms with E-state index in [1.807, 2.05) is 29.2 Å². The first-order chi connectivity index (χ1) is 13.1. The molecular formula is C22H26N2O3. The minimum Gasteiger partial charge on any atom is -0.504 e. The van der Waals surface area contributed by atoms with E-state index in [0.717, 1.165) is 31.2 Å². The number of carbonyl (C=O) groups excluding carboxylic acids is 1. The smallest absolute Gasteiger partial charge is 0.252 e. The molecule has 1 saturated carbocycles. The van der Waals surface area contributed by atoms with Gasteiger partial charge in [-0.05, 0) is 61.6 Å². The van der Waals surface area contributed by atoms with Crippen molar-refractivity contribution in [3.05, 3.63) is 60.3 Å². The number of aromatic hydroxyl groups is 2. The first kappa shape index (κ1) is 19.0. The summed E-state index contributed by atoms with van der Waals surface area (Å²) in [4.78, 5) is 19.1. The molecule has 5 nitrogen and oxygen atoms in total. The summed E-state index contributed by atoms with van der Waals surface area (Å²) in [6.07, 6.45) is 12.1. The highest BCUT2D eigenvalue weighted by molar-refractivity contribution is 6.01. The van der Waals surface area contributed by atoms with Crippen molar-refractivity contribution in [2.45, 2.75) is 51.0 Å². The Balaban J connectivity index is 1.64. The quantitative estimate of drug-likeness (QED) is 0.589. The average molecular weight is 366 g/mol. The number of aromatic nitrogens is 1. The van der Waals surface area contributed by atoms with Crippen molar-refractivity contribution in [2.75, 3.05) is 4.90 Å². The van der Waals surface area contributed by atoms with E-state index in [1.165, 1.54) is 12.5 Å². The van der Waals surface area contributed by atoms with Crippen LogP contribution in [-0.4, -0.2) is 27.1 Å². The standard InChI is InChI=1S/C22H26N2O3/c25-19-14-13-17(16-20(19)26)8-4-5-12-22(27)24(18-9-2-1-3-10-18)21-11-6-7-15-23-21/h5-7,11-16,18,25-26H,1-4,8-10H2/b12-5+. The largest absolute Gasteiger partial charge is 0.504 e. The van der Waals surface area contributed by atoms with E-state index in [1.54, 1.807) is 24.4 Å². The summed E-state index contributed by atoms with van der Waals surface area (Å²) < 4.78 is 0. The number of rotatable bonds is 6. The molecular weight excluding hydrogens is 340 g/mol. The topological polar surface area (TPSA) is 73.7 Å². The van der Waals surface area contributed by atoms with Gasteiger partial charge in [-0.3, -0.25) is 9.69 Å². The molecule has 1 aromatic heterocycles. The maximum atomic E-state index is 12.9. The van der Waals surface area contributed by atoms with Crippen molar-refractivity contribution in [3.8, 4) is 11.5 Å². The molecule has 3 rings (SSSR count). The van der Waals surface area contributed by atoms with Crippen LogP contribution in [0.1, 0.15) is 44.1 Å². The Bertz CT molecular complexity index is 783. The molecule has 0 atom stereocenters. The van der Waals surface area contributed by atoms with Crippen LogP contribution in [0.4, 0.5) is 5.82 Å². The van der Waals surface area contributed by atoms with Gasteiger partial charge in [0.25, 0.3) is 5.91 Å². The molecule has 0 radical (unpaired) electrons. The summed E-state index contributed by atoms with van der Waals surface area (Å²) in [6.45, 7) is 0. The highest BCUT2D eigenvalue weighted by Crippen LogP contribution is 2.27. The van der Waals surface area contributed by atoms with Crippen molar-refractivity contribution in [1.29, 1.82) is 0 Å². The van der Waals surface area contributed by atoms with Gasteiger partial charge < -0.3 is 10.2 Å². The highest BCUT2D eigenvalue weighted by atomic mass is 16.3. The summed E-state index contributed by atoms with van der Waals surface area (Å²) >= 11 is 0. The van der Waals surface area contributed by atoms with Crippen molar-refractivity contribution < 1.29 is 15.0 Å². The molecule has 5 heteroatoms. The molecule has 142 valence electrons. The third kappa shape index (κ3) is 5.09. The molecule has 1 amide bonds. The van der Waals surface area contributed by atoms with Crippen LogP contribution >= 0.6 is 0 Å². The Kier molecular flexibility index (Phi) is 6.47. The van der Waals surface area contributed by atoms with Gasteiger partial charge in [0.15, 0.2) is 11.5 Å². The van der Waals surface area contributed by atoms with Crippen LogP contribution in [0.15, 0.2) is 54.7 Å². The lowest BCUT2D eigenvalue weighted by molar-refractivity contribution is -0.114. The molecule has 1 aromatic carbocycles. The maximum Gasteiger partial charge on any atom is 0.252 e. The van der Waals surface area contributed by atoms with Crippen LogP contribution in [0.2, 0.25) is 0 Å². The van der Waals surface area contributed by atoms with Gasteiger partial charge in [0.2, 0.25) is 0 Å². The van der Waals surface area contributed by atoms with Gasteiger partial charge in [0.05, 0.1) is 0 Å². The van der Waals surface area contributed by atoms with Crippen molar-refractivity contribution >= 4 is 11.7 Å². The molecule has 1 fully saturated rings. The van der Waals surface area contributed by atoms with E-state index in [0.29, 0.717) is 18.7 Å². The zero-order valence-corrected chi connectivity index (χ0v) is 15.4. The Morgan fingerprint density at radius 1 is 1.11 bits per heavy atom. The molecule has 0 aliphatic heterocycles. The van der Waals surface area contributed by atoms with Crippen molar-refractivity contribution in [3.63, 3.8) is 0 Å². The lowest BCUT2D eigenvalue weighted by atomic mass is 9.94. The number of carbonyl (C=O) groups is 1. The zero-order chi connectivity index (χ0) is 19.1. The molecule has 1 aliphatic rings. The number of benzene rings is 1. The van der Waals surface area contributed by atoms with E-state index >= 15 is 0 Å². The van der Waals surface area contributed by atoms with Gasteiger partial charge >= 0.3 is 0 Å². The molecule has 2 aromatic rings. The highest BCUT2D eigenvalue weighted by Gasteiger charge is 2.26. The average Bonchev–Trinajstić information content (AvgIpc) is 2.70. The molecule has 2 N–H and O–H groups in total. The van der Waals surface area contributed by atoms with E-state index in [4.69, 9.17) is 0 Å². The number of aryl methyl sites for hydroxylation is 1. The summed E-state index contributed by atoms with van der Waals surface area (Å²) in [5.41, 5.74) is 0.913. The maximum absolute atomic E-state index is 12.9. The van der Waals surface area contributed by atoms with Crippen LogP contribution in [-0.2, 0) is 11.2 Å². The molecule has 1 aliphatic carbocycles. The lowest BCUT2D eigenvalue weighted by Crippen LogP contribution is -2.41. The Labute approximate surface area is 160 Å². The van der Waals surface area contributed by atoms with E-state index in [2.05, 4.69) is 4.98 Å². The van der Waals surface area contributed by atoms with Crippen LogP contribution in [0.3, 0.4) is 0 Å².